The second-order valence-corrected chi connectivity index (χ2v) is 20.6. The number of hydrogen-bond acceptors (Lipinski definition) is 11. The van der Waals surface area contributed by atoms with Gasteiger partial charge in [-0.1, -0.05) is 57.3 Å². The zero-order chi connectivity index (χ0) is 40.6. The smallest absolute Gasteiger partial charge is 0.172 e. The molecule has 0 N–H and O–H groups in total. The maximum absolute atomic E-state index is 15.2. The van der Waals surface area contributed by atoms with E-state index in [0.717, 1.165) is 55.2 Å². The Morgan fingerprint density at radius 3 is 2.36 bits per heavy atom. The second-order valence-electron chi connectivity index (χ2n) is 19.3. The molecule has 10 saturated heterocycles. The highest BCUT2D eigenvalue weighted by molar-refractivity contribution is 7.24. The highest BCUT2D eigenvalue weighted by Crippen LogP contribution is 2.55. The topological polar surface area (TPSA) is 117 Å². The van der Waals surface area contributed by atoms with Crippen LogP contribution >= 0.6 is 17.9 Å². The van der Waals surface area contributed by atoms with Crippen LogP contribution in [0.4, 0.5) is 0 Å². The number of carbonyl (C=O) groups excluding carboxylic acids is 1. The van der Waals surface area contributed by atoms with E-state index < -0.39 is 11.7 Å². The third kappa shape index (κ3) is 7.83. The first kappa shape index (κ1) is 41.5. The molecular formula is C46H62O11P2. The van der Waals surface area contributed by atoms with Crippen LogP contribution in [0.3, 0.4) is 0 Å². The number of rotatable bonds is 6. The van der Waals surface area contributed by atoms with E-state index in [1.54, 1.807) is 0 Å². The van der Waals surface area contributed by atoms with Crippen LogP contribution in [0, 0.1) is 17.8 Å². The molecule has 13 heteroatoms. The first-order valence-corrected chi connectivity index (χ1v) is 23.8. The summed E-state index contributed by atoms with van der Waals surface area (Å²) in [5.74, 6) is -1.03. The predicted octanol–water partition coefficient (Wildman–Crippen LogP) is 7.60. The molecule has 1 spiro atoms. The predicted molar refractivity (Wildman–Crippen MR) is 221 cm³/mol. The van der Waals surface area contributed by atoms with Gasteiger partial charge in [-0.2, -0.15) is 0 Å². The molecule has 0 aliphatic carbocycles. The molecule has 0 radical (unpaired) electrons. The van der Waals surface area contributed by atoms with Gasteiger partial charge in [0.2, 0.25) is 0 Å². The monoisotopic (exact) mass is 852 g/mol. The van der Waals surface area contributed by atoms with Crippen molar-refractivity contribution in [1.82, 2.24) is 0 Å². The van der Waals surface area contributed by atoms with Crippen molar-refractivity contribution in [3.63, 3.8) is 0 Å². The van der Waals surface area contributed by atoms with Gasteiger partial charge in [-0.25, -0.2) is 0 Å². The van der Waals surface area contributed by atoms with Crippen LogP contribution in [0.1, 0.15) is 102 Å². The normalized spacial score (nSPS) is 48.8. The van der Waals surface area contributed by atoms with E-state index in [9.17, 15) is 4.57 Å². The fraction of sp³-hybridized carbons (Fsp3) is 0.761. The lowest BCUT2D eigenvalue weighted by molar-refractivity contribution is -0.292. The maximum atomic E-state index is 15.2. The van der Waals surface area contributed by atoms with Crippen LogP contribution in [0.5, 0.6) is 0 Å². The Kier molecular flexibility index (Phi) is 11.9. The highest BCUT2D eigenvalue weighted by Gasteiger charge is 2.69. The van der Waals surface area contributed by atoms with Crippen molar-refractivity contribution in [1.29, 1.82) is 0 Å². The SMILES string of the molecule is C=C1C2C[C@@H]3O[C@H](C[C@@H](COP)P=O)[C@H](C)[C@H]3C(c3ccccc3)C(=O)C[C@H]3CC[C@@H]4O[C@H]5C6O[C@]7(CC[C@H]8CC(=C)[C@H](CCC(C[C@H]1C)O2)O8)C[C@H]6O[C@H]5C(O7)[C@H]4O3. The Hall–Kier alpha value is -1.46. The van der Waals surface area contributed by atoms with Crippen LogP contribution in [-0.2, 0) is 51.8 Å². The minimum atomic E-state index is -0.799. The quantitative estimate of drug-likeness (QED) is 0.208. The molecule has 11 rings (SSSR count). The molecule has 6 unspecified atom stereocenters. The Bertz CT molecular complexity index is 1750. The Morgan fingerprint density at radius 2 is 1.54 bits per heavy atom. The molecule has 11 nitrogen and oxygen atoms in total. The van der Waals surface area contributed by atoms with E-state index in [1.165, 1.54) is 0 Å². The number of fused-ring (bicyclic) bond motifs is 6. The molecule has 1 aromatic carbocycles. The summed E-state index contributed by atoms with van der Waals surface area (Å²) in [6.45, 7) is 13.8. The molecule has 12 bridgehead atoms. The molecule has 21 atom stereocenters. The summed E-state index contributed by atoms with van der Waals surface area (Å²) < 4.78 is 72.9. The Balaban J connectivity index is 0.993. The van der Waals surface area contributed by atoms with Crippen molar-refractivity contribution < 1.29 is 51.8 Å². The number of carbonyl (C=O) groups is 1. The standard InChI is InChI=1S/C46H62O11P2/c1-23-16-28-10-12-33-24(2)17-30(50-33)14-15-46-21-38-42(56-46)43-44(55-38)45(57-46)41-34(54-43)13-11-29(52-41)18-32(47)40(27-8-6-5-7-9-27)39-26(4)35(19-31(59-48)22-49-58)53-37(39)20-36(51-28)25(23)3/h5-9,23,26,28-31,33-45H,2-3,10-22,58H2,1,4H3/t23-,26+,28?,29-,30+,31+,33+,34+,35-,36?,37+,38-,39-,40?,41+,42?,43+,44-,45?,46+/m1/s1. The summed E-state index contributed by atoms with van der Waals surface area (Å²) in [4.78, 5) is 15.2. The minimum absolute atomic E-state index is 0.0145. The minimum Gasteiger partial charge on any atom is -0.374 e. The van der Waals surface area contributed by atoms with E-state index in [0.29, 0.717) is 38.7 Å². The molecule has 10 fully saturated rings. The molecule has 1 aromatic rings. The molecule has 322 valence electrons. The van der Waals surface area contributed by atoms with Crippen molar-refractivity contribution in [2.45, 2.75) is 194 Å². The van der Waals surface area contributed by atoms with Crippen molar-refractivity contribution in [2.75, 3.05) is 6.61 Å². The second kappa shape index (κ2) is 16.9. The van der Waals surface area contributed by atoms with Crippen LogP contribution in [0.25, 0.3) is 0 Å². The summed E-state index contributed by atoms with van der Waals surface area (Å²) in [5.41, 5.74) is 2.96. The molecule has 10 heterocycles. The van der Waals surface area contributed by atoms with Gasteiger partial charge in [0.15, 0.2) is 14.2 Å². The van der Waals surface area contributed by atoms with E-state index in [-0.39, 0.29) is 130 Å². The molecule has 0 saturated carbocycles. The summed E-state index contributed by atoms with van der Waals surface area (Å²) in [6.07, 6.45) is 5.82. The molecule has 10 aliphatic rings. The zero-order valence-electron chi connectivity index (χ0n) is 34.5. The zero-order valence-corrected chi connectivity index (χ0v) is 36.5. The van der Waals surface area contributed by atoms with E-state index in [4.69, 9.17) is 42.4 Å². The van der Waals surface area contributed by atoms with E-state index in [2.05, 4.69) is 48.6 Å². The molecule has 0 amide bonds. The average molecular weight is 853 g/mol. The highest BCUT2D eigenvalue weighted by atomic mass is 31.1. The third-order valence-corrected chi connectivity index (χ3v) is 16.5. The van der Waals surface area contributed by atoms with Crippen molar-refractivity contribution in [3.8, 4) is 0 Å². The number of Topliss-reactive ketones (excluding diaryl/α,β-unsaturated/α-hetero) is 1. The summed E-state index contributed by atoms with van der Waals surface area (Å²) in [5, 5.41) is 0. The third-order valence-electron chi connectivity index (χ3n) is 15.6. The fourth-order valence-electron chi connectivity index (χ4n) is 12.6. The molecule has 10 aliphatic heterocycles. The first-order chi connectivity index (χ1) is 28.6. The summed E-state index contributed by atoms with van der Waals surface area (Å²) in [7, 11) is 2.29. The van der Waals surface area contributed by atoms with Gasteiger partial charge in [-0.15, -0.1) is 0 Å². The molecular weight excluding hydrogens is 790 g/mol. The number of hydrogen-bond donors (Lipinski definition) is 0. The Labute approximate surface area is 352 Å². The van der Waals surface area contributed by atoms with Gasteiger partial charge in [-0.05, 0) is 79.9 Å². The number of ether oxygens (including phenoxy) is 8. The van der Waals surface area contributed by atoms with Gasteiger partial charge in [0.05, 0.1) is 67.2 Å². The van der Waals surface area contributed by atoms with Gasteiger partial charge in [0.25, 0.3) is 0 Å². The summed E-state index contributed by atoms with van der Waals surface area (Å²) in [6, 6.07) is 10.2. The van der Waals surface area contributed by atoms with Crippen LogP contribution < -0.4 is 0 Å². The van der Waals surface area contributed by atoms with Gasteiger partial charge >= 0.3 is 0 Å². The largest absolute Gasteiger partial charge is 0.374 e. The van der Waals surface area contributed by atoms with Gasteiger partial charge in [-0.3, -0.25) is 9.36 Å². The van der Waals surface area contributed by atoms with Crippen molar-refractivity contribution in [3.05, 3.63) is 60.2 Å². The number of benzene rings is 1. The van der Waals surface area contributed by atoms with Crippen LogP contribution in [0.15, 0.2) is 54.6 Å². The Morgan fingerprint density at radius 1 is 0.797 bits per heavy atom. The molecule has 0 aromatic heterocycles. The lowest BCUT2D eigenvalue weighted by Gasteiger charge is -2.47. The maximum Gasteiger partial charge on any atom is 0.172 e. The van der Waals surface area contributed by atoms with Crippen molar-refractivity contribution in [2.24, 2.45) is 17.8 Å². The lowest BCUT2D eigenvalue weighted by Crippen LogP contribution is -2.61. The average Bonchev–Trinajstić information content (AvgIpc) is 3.90. The number of ketones is 1. The molecule has 59 heavy (non-hydrogen) atoms. The van der Waals surface area contributed by atoms with E-state index >= 15 is 4.79 Å². The van der Waals surface area contributed by atoms with Crippen LogP contribution in [-0.4, -0.2) is 109 Å². The first-order valence-electron chi connectivity index (χ1n) is 22.5. The van der Waals surface area contributed by atoms with Crippen LogP contribution in [0.2, 0.25) is 0 Å². The lowest BCUT2D eigenvalue weighted by atomic mass is 9.70. The fourth-order valence-corrected chi connectivity index (χ4v) is 13.4. The van der Waals surface area contributed by atoms with Gasteiger partial charge in [0.1, 0.15) is 36.3 Å². The van der Waals surface area contributed by atoms with E-state index in [1.807, 2.05) is 18.2 Å². The van der Waals surface area contributed by atoms with Gasteiger partial charge < -0.3 is 42.4 Å². The van der Waals surface area contributed by atoms with Gasteiger partial charge in [0, 0.05) is 47.0 Å². The van der Waals surface area contributed by atoms with Crippen molar-refractivity contribution >= 4 is 23.7 Å². The summed E-state index contributed by atoms with van der Waals surface area (Å²) >= 11 is 0.